The van der Waals surface area contributed by atoms with E-state index in [9.17, 15) is 28.5 Å². The van der Waals surface area contributed by atoms with Crippen molar-refractivity contribution in [1.29, 1.82) is 0 Å². The van der Waals surface area contributed by atoms with Crippen molar-refractivity contribution < 1.29 is 56.3 Å². The summed E-state index contributed by atoms with van der Waals surface area (Å²) >= 11 is 0. The van der Waals surface area contributed by atoms with Gasteiger partial charge in [-0.05, 0) is 0 Å². The van der Waals surface area contributed by atoms with Crippen LogP contribution in [0.25, 0.3) is 11.2 Å². The fourth-order valence-electron chi connectivity index (χ4n) is 2.67. The Labute approximate surface area is 171 Å². The van der Waals surface area contributed by atoms with Crippen LogP contribution in [0.15, 0.2) is 11.1 Å². The fourth-order valence-corrected chi connectivity index (χ4v) is 5.70. The molecule has 21 heteroatoms. The van der Waals surface area contributed by atoms with Gasteiger partial charge in [0.15, 0.2) is 5.65 Å². The van der Waals surface area contributed by atoms with Gasteiger partial charge in [0.05, 0.1) is 19.0 Å². The summed E-state index contributed by atoms with van der Waals surface area (Å²) in [5.41, 5.74) is 5.11. The second kappa shape index (κ2) is 8.44. The molecular weight excluding hydrogens is 491 g/mol. The molecule has 1 fully saturated rings. The number of aliphatic hydroxyl groups excluding tert-OH is 1. The highest BCUT2D eigenvalue weighted by molar-refractivity contribution is 7.66. The lowest BCUT2D eigenvalue weighted by atomic mass is 10.2. The minimum atomic E-state index is -5.67. The number of nitrogens with one attached hydrogen (secondary N) is 1. The molecule has 0 saturated carbocycles. The van der Waals surface area contributed by atoms with E-state index in [-0.39, 0.29) is 23.4 Å². The van der Waals surface area contributed by atoms with Gasteiger partial charge in [-0.1, -0.05) is 0 Å². The number of aromatic amines is 1. The lowest BCUT2D eigenvalue weighted by Crippen LogP contribution is -2.26. The third-order valence-corrected chi connectivity index (χ3v) is 7.61. The van der Waals surface area contributed by atoms with Crippen molar-refractivity contribution in [2.75, 3.05) is 12.3 Å². The quantitative estimate of drug-likeness (QED) is 0.204. The molecule has 0 aliphatic carbocycles. The normalized spacial score (nSPS) is 26.0. The first-order valence-corrected chi connectivity index (χ1v) is 12.5. The van der Waals surface area contributed by atoms with Crippen LogP contribution in [0.4, 0.5) is 5.82 Å². The molecule has 0 spiro atoms. The number of fused-ring (bicyclic) bond motifs is 1. The van der Waals surface area contributed by atoms with Crippen LogP contribution in [-0.4, -0.2) is 63.0 Å². The number of hydrogen-bond donors (Lipinski definition) is 7. The van der Waals surface area contributed by atoms with Crippen molar-refractivity contribution in [2.45, 2.75) is 24.9 Å². The maximum absolute atomic E-state index is 11.8. The summed E-state index contributed by atoms with van der Waals surface area (Å²) in [6.07, 6.45) is -2.32. The SMILES string of the molecule is Nc1[nH]c(=O)nc2c1ncn2C1CC(O)C(COP(=O)(O)OP(=O)(O)OP(=O)(O)O)O1. The van der Waals surface area contributed by atoms with Crippen LogP contribution in [-0.2, 0) is 31.6 Å². The van der Waals surface area contributed by atoms with Gasteiger partial charge in [0, 0.05) is 6.42 Å². The molecule has 3 heterocycles. The Morgan fingerprint density at radius 2 is 1.90 bits per heavy atom. The van der Waals surface area contributed by atoms with Gasteiger partial charge in [0.1, 0.15) is 23.7 Å². The summed E-state index contributed by atoms with van der Waals surface area (Å²) in [4.78, 5) is 57.1. The maximum atomic E-state index is 11.8. The van der Waals surface area contributed by atoms with E-state index in [2.05, 4.69) is 28.1 Å². The van der Waals surface area contributed by atoms with Crippen molar-refractivity contribution in [1.82, 2.24) is 19.5 Å². The second-order valence-corrected chi connectivity index (χ2v) is 10.5. The minimum absolute atomic E-state index is 0.0449. The third kappa shape index (κ3) is 6.04. The Hall–Kier alpha value is -1.52. The smallest absolute Gasteiger partial charge is 0.390 e. The number of nitrogens with two attached hydrogens (primary N) is 1. The number of imidazole rings is 1. The Kier molecular flexibility index (Phi) is 6.57. The van der Waals surface area contributed by atoms with Crippen LogP contribution in [0.1, 0.15) is 12.6 Å². The number of aromatic nitrogens is 4. The van der Waals surface area contributed by atoms with Gasteiger partial charge in [0.2, 0.25) is 0 Å². The Morgan fingerprint density at radius 3 is 2.55 bits per heavy atom. The summed E-state index contributed by atoms with van der Waals surface area (Å²) < 4.78 is 52.1. The highest BCUT2D eigenvalue weighted by Gasteiger charge is 2.43. The van der Waals surface area contributed by atoms with Gasteiger partial charge in [0.25, 0.3) is 0 Å². The van der Waals surface area contributed by atoms with Crippen molar-refractivity contribution in [3.63, 3.8) is 0 Å². The number of nitrogens with zero attached hydrogens (tertiary/aromatic N) is 3. The van der Waals surface area contributed by atoms with Crippen molar-refractivity contribution in [3.05, 3.63) is 16.8 Å². The second-order valence-electron chi connectivity index (χ2n) is 6.10. The predicted octanol–water partition coefficient (Wildman–Crippen LogP) is -1.31. The number of ether oxygens (including phenoxy) is 1. The topological polar surface area (TPSA) is 279 Å². The molecule has 3 rings (SSSR count). The fraction of sp³-hybridized carbons (Fsp3) is 0.500. The number of phosphoric ester groups is 1. The van der Waals surface area contributed by atoms with Crippen molar-refractivity contribution in [3.8, 4) is 0 Å². The summed E-state index contributed by atoms with van der Waals surface area (Å²) in [6, 6.07) is 0. The standard InChI is InChI=1S/C10H16N5O13P3/c11-8-7-9(14-10(17)13-8)15(3-12-7)6-1-4(16)5(26-6)2-25-30(21,22)28-31(23,24)27-29(18,19)20/h3-6,16H,1-2H2,(H,21,22)(H,23,24)(H2,18,19,20)(H3,11,13,14,17). The van der Waals surface area contributed by atoms with E-state index < -0.39 is 54.2 Å². The molecular formula is C10H16N5O13P3. The van der Waals surface area contributed by atoms with Crippen molar-refractivity contribution >= 4 is 40.4 Å². The average Bonchev–Trinajstić information content (AvgIpc) is 3.13. The lowest BCUT2D eigenvalue weighted by molar-refractivity contribution is -0.0423. The largest absolute Gasteiger partial charge is 0.490 e. The van der Waals surface area contributed by atoms with Gasteiger partial charge in [-0.15, -0.1) is 0 Å². The number of anilines is 1. The third-order valence-electron chi connectivity index (χ3n) is 3.80. The Morgan fingerprint density at radius 1 is 1.23 bits per heavy atom. The first-order chi connectivity index (χ1) is 14.2. The predicted molar refractivity (Wildman–Crippen MR) is 96.9 cm³/mol. The Balaban J connectivity index is 1.67. The minimum Gasteiger partial charge on any atom is -0.390 e. The van der Waals surface area contributed by atoms with E-state index >= 15 is 0 Å². The van der Waals surface area contributed by atoms with Gasteiger partial charge in [-0.3, -0.25) is 14.1 Å². The molecule has 174 valence electrons. The molecule has 2 aromatic rings. The summed E-state index contributed by atoms with van der Waals surface area (Å²) in [5, 5.41) is 10.1. The number of hydrogen-bond acceptors (Lipinski definition) is 12. The summed E-state index contributed by atoms with van der Waals surface area (Å²) in [7, 11) is -16.6. The van der Waals surface area contributed by atoms with Crippen molar-refractivity contribution in [2.24, 2.45) is 0 Å². The summed E-state index contributed by atoms with van der Waals surface area (Å²) in [6.45, 7) is -0.843. The molecule has 1 aliphatic heterocycles. The average molecular weight is 507 g/mol. The molecule has 1 aliphatic rings. The Bertz CT molecular complexity index is 1170. The highest BCUT2D eigenvalue weighted by Crippen LogP contribution is 2.66. The lowest BCUT2D eigenvalue weighted by Gasteiger charge is -2.19. The highest BCUT2D eigenvalue weighted by atomic mass is 31.3. The molecule has 5 atom stereocenters. The molecule has 31 heavy (non-hydrogen) atoms. The number of phosphoric acid groups is 3. The number of nitrogen functional groups attached to an aromatic ring is 1. The first kappa shape index (κ1) is 24.1. The molecule has 0 amide bonds. The van der Waals surface area contributed by atoms with Gasteiger partial charge < -0.3 is 35.2 Å². The number of H-pyrrole nitrogens is 1. The molecule has 0 radical (unpaired) electrons. The van der Waals surface area contributed by atoms with Crippen LogP contribution in [0.3, 0.4) is 0 Å². The molecule has 5 unspecified atom stereocenters. The maximum Gasteiger partial charge on any atom is 0.490 e. The zero-order chi connectivity index (χ0) is 23.2. The molecule has 8 N–H and O–H groups in total. The molecule has 1 saturated heterocycles. The summed E-state index contributed by atoms with van der Waals surface area (Å²) in [5.74, 6) is -0.0449. The van der Waals surface area contributed by atoms with Gasteiger partial charge >= 0.3 is 29.2 Å². The first-order valence-electron chi connectivity index (χ1n) is 8.00. The van der Waals surface area contributed by atoms with Crippen LogP contribution >= 0.6 is 23.5 Å². The van der Waals surface area contributed by atoms with Crippen LogP contribution in [0, 0.1) is 0 Å². The number of rotatable bonds is 8. The van der Waals surface area contributed by atoms with Crippen LogP contribution < -0.4 is 11.4 Å². The van der Waals surface area contributed by atoms with E-state index in [0.717, 1.165) is 0 Å². The molecule has 0 aromatic carbocycles. The monoisotopic (exact) mass is 507 g/mol. The van der Waals surface area contributed by atoms with E-state index in [4.69, 9.17) is 25.2 Å². The van der Waals surface area contributed by atoms with Crippen LogP contribution in [0.5, 0.6) is 0 Å². The van der Waals surface area contributed by atoms with Gasteiger partial charge in [-0.25, -0.2) is 23.5 Å². The van der Waals surface area contributed by atoms with E-state index in [0.29, 0.717) is 0 Å². The van der Waals surface area contributed by atoms with Crippen LogP contribution in [0.2, 0.25) is 0 Å². The number of aliphatic hydroxyl groups is 1. The zero-order valence-corrected chi connectivity index (χ0v) is 17.7. The molecule has 18 nitrogen and oxygen atoms in total. The van der Waals surface area contributed by atoms with Gasteiger partial charge in [-0.2, -0.15) is 13.6 Å². The van der Waals surface area contributed by atoms with E-state index in [1.165, 1.54) is 10.9 Å². The molecule has 0 bridgehead atoms. The zero-order valence-electron chi connectivity index (χ0n) is 15.0. The van der Waals surface area contributed by atoms with E-state index in [1.54, 1.807) is 0 Å². The molecule has 2 aromatic heterocycles. The van der Waals surface area contributed by atoms with E-state index in [1.807, 2.05) is 0 Å².